The summed E-state index contributed by atoms with van der Waals surface area (Å²) in [6, 6.07) is 7.24. The van der Waals surface area contributed by atoms with Crippen LogP contribution in [-0.4, -0.2) is 22.9 Å². The van der Waals surface area contributed by atoms with E-state index in [2.05, 4.69) is 5.10 Å². The number of benzene rings is 1. The molecule has 1 aromatic heterocycles. The van der Waals surface area contributed by atoms with Crippen LogP contribution in [0.5, 0.6) is 0 Å². The van der Waals surface area contributed by atoms with Gasteiger partial charge in [0.1, 0.15) is 16.9 Å². The van der Waals surface area contributed by atoms with E-state index < -0.39 is 11.5 Å². The maximum absolute atomic E-state index is 12.1. The zero-order chi connectivity index (χ0) is 16.3. The molecular formula is C15H18N4O3. The monoisotopic (exact) mass is 302 g/mol. The van der Waals surface area contributed by atoms with Crippen LogP contribution in [0.2, 0.25) is 0 Å². The maximum atomic E-state index is 12.1. The van der Waals surface area contributed by atoms with Gasteiger partial charge in [-0.05, 0) is 18.6 Å². The quantitative estimate of drug-likeness (QED) is 0.806. The number of rotatable bonds is 4. The molecule has 116 valence electrons. The van der Waals surface area contributed by atoms with Crippen LogP contribution in [0.25, 0.3) is 11.3 Å². The molecule has 0 atom stereocenters. The molecule has 0 radical (unpaired) electrons. The second-order valence-electron chi connectivity index (χ2n) is 4.65. The lowest BCUT2D eigenvalue weighted by atomic mass is 10.0. The second-order valence-corrected chi connectivity index (χ2v) is 4.65. The second kappa shape index (κ2) is 6.40. The molecule has 0 fully saturated rings. The van der Waals surface area contributed by atoms with Crippen molar-refractivity contribution in [1.29, 1.82) is 0 Å². The van der Waals surface area contributed by atoms with Gasteiger partial charge in [0.05, 0.1) is 7.11 Å². The Balaban J connectivity index is 2.79. The lowest BCUT2D eigenvalue weighted by molar-refractivity contribution is 0.0602. The number of hydrogen-bond acceptors (Lipinski definition) is 6. The molecule has 0 aliphatic heterocycles. The number of aromatic nitrogens is 2. The molecule has 1 heterocycles. The summed E-state index contributed by atoms with van der Waals surface area (Å²) >= 11 is 0. The fourth-order valence-corrected chi connectivity index (χ4v) is 2.16. The van der Waals surface area contributed by atoms with Gasteiger partial charge in [-0.15, -0.1) is 0 Å². The van der Waals surface area contributed by atoms with E-state index in [4.69, 9.17) is 16.2 Å². The van der Waals surface area contributed by atoms with Crippen LogP contribution in [0.1, 0.15) is 22.8 Å². The van der Waals surface area contributed by atoms with Crippen molar-refractivity contribution in [3.8, 4) is 11.3 Å². The average molecular weight is 302 g/mol. The molecule has 7 heteroatoms. The van der Waals surface area contributed by atoms with Gasteiger partial charge < -0.3 is 16.2 Å². The van der Waals surface area contributed by atoms with Crippen molar-refractivity contribution in [3.63, 3.8) is 0 Å². The summed E-state index contributed by atoms with van der Waals surface area (Å²) in [6.45, 7) is 2.46. The highest BCUT2D eigenvalue weighted by Crippen LogP contribution is 2.25. The van der Waals surface area contributed by atoms with Crippen LogP contribution in [0.3, 0.4) is 0 Å². The fourth-order valence-electron chi connectivity index (χ4n) is 2.16. The molecule has 2 aromatic rings. The minimum atomic E-state index is -0.696. The highest BCUT2D eigenvalue weighted by Gasteiger charge is 2.23. The van der Waals surface area contributed by atoms with Gasteiger partial charge in [0, 0.05) is 18.7 Å². The van der Waals surface area contributed by atoms with Crippen LogP contribution >= 0.6 is 0 Å². The van der Waals surface area contributed by atoms with E-state index in [0.29, 0.717) is 24.3 Å². The summed E-state index contributed by atoms with van der Waals surface area (Å²) in [7, 11) is 1.23. The summed E-state index contributed by atoms with van der Waals surface area (Å²) in [6.07, 6.45) is 0. The minimum Gasteiger partial charge on any atom is -0.465 e. The Kier molecular flexibility index (Phi) is 4.57. The standard InChI is InChI=1S/C15H18N4O3/c1-3-19-14(20)12(17)11(15(21)22-2)13(18-19)10-6-4-5-9(7-10)8-16/h4-7H,3,8,16-17H2,1-2H3. The van der Waals surface area contributed by atoms with Crippen molar-refractivity contribution >= 4 is 11.7 Å². The first-order chi connectivity index (χ1) is 10.5. The first-order valence-corrected chi connectivity index (χ1v) is 6.81. The zero-order valence-electron chi connectivity index (χ0n) is 12.5. The van der Waals surface area contributed by atoms with Gasteiger partial charge in [-0.25, -0.2) is 9.48 Å². The minimum absolute atomic E-state index is 0.0219. The van der Waals surface area contributed by atoms with Gasteiger partial charge in [0.2, 0.25) is 0 Å². The van der Waals surface area contributed by atoms with Crippen LogP contribution in [0.15, 0.2) is 29.1 Å². The van der Waals surface area contributed by atoms with Gasteiger partial charge in [-0.1, -0.05) is 18.2 Å². The molecule has 0 saturated heterocycles. The molecular weight excluding hydrogens is 284 g/mol. The van der Waals surface area contributed by atoms with E-state index in [1.807, 2.05) is 6.07 Å². The molecule has 0 bridgehead atoms. The molecule has 0 unspecified atom stereocenters. The van der Waals surface area contributed by atoms with Crippen molar-refractivity contribution in [2.24, 2.45) is 5.73 Å². The van der Waals surface area contributed by atoms with Gasteiger partial charge in [-0.3, -0.25) is 4.79 Å². The summed E-state index contributed by atoms with van der Waals surface area (Å²) in [5, 5.41) is 4.25. The normalized spacial score (nSPS) is 10.5. The van der Waals surface area contributed by atoms with Crippen LogP contribution in [0.4, 0.5) is 5.69 Å². The molecule has 22 heavy (non-hydrogen) atoms. The Labute approximate surface area is 127 Å². The number of ether oxygens (including phenoxy) is 1. The maximum Gasteiger partial charge on any atom is 0.342 e. The number of carbonyl (C=O) groups excluding carboxylic acids is 1. The van der Waals surface area contributed by atoms with E-state index >= 15 is 0 Å². The number of methoxy groups -OCH3 is 1. The fraction of sp³-hybridized carbons (Fsp3) is 0.267. The van der Waals surface area contributed by atoms with E-state index in [9.17, 15) is 9.59 Å². The first-order valence-electron chi connectivity index (χ1n) is 6.81. The number of anilines is 1. The smallest absolute Gasteiger partial charge is 0.342 e. The van der Waals surface area contributed by atoms with Crippen molar-refractivity contribution in [1.82, 2.24) is 9.78 Å². The van der Waals surface area contributed by atoms with Crippen molar-refractivity contribution in [2.75, 3.05) is 12.8 Å². The van der Waals surface area contributed by atoms with Gasteiger partial charge in [0.25, 0.3) is 5.56 Å². The van der Waals surface area contributed by atoms with E-state index in [0.717, 1.165) is 5.56 Å². The Morgan fingerprint density at radius 2 is 2.14 bits per heavy atom. The van der Waals surface area contributed by atoms with Gasteiger partial charge >= 0.3 is 5.97 Å². The van der Waals surface area contributed by atoms with Crippen LogP contribution in [-0.2, 0) is 17.8 Å². The predicted molar refractivity (Wildman–Crippen MR) is 83.3 cm³/mol. The van der Waals surface area contributed by atoms with E-state index in [1.165, 1.54) is 11.8 Å². The molecule has 1 aromatic carbocycles. The van der Waals surface area contributed by atoms with Crippen molar-refractivity contribution in [2.45, 2.75) is 20.0 Å². The molecule has 0 aliphatic carbocycles. The third kappa shape index (κ3) is 2.71. The lowest BCUT2D eigenvalue weighted by Gasteiger charge is -2.13. The SMILES string of the molecule is CCn1nc(-c2cccc(CN)c2)c(C(=O)OC)c(N)c1=O. The number of aryl methyl sites for hydroxylation is 1. The highest BCUT2D eigenvalue weighted by atomic mass is 16.5. The number of carbonyl (C=O) groups is 1. The molecule has 0 spiro atoms. The van der Waals surface area contributed by atoms with Crippen LogP contribution in [0, 0.1) is 0 Å². The average Bonchev–Trinajstić information content (AvgIpc) is 2.56. The van der Waals surface area contributed by atoms with Crippen LogP contribution < -0.4 is 17.0 Å². The number of nitrogens with zero attached hydrogens (tertiary/aromatic N) is 2. The molecule has 4 N–H and O–H groups in total. The highest BCUT2D eigenvalue weighted by molar-refractivity contribution is 6.00. The summed E-state index contributed by atoms with van der Waals surface area (Å²) in [4.78, 5) is 24.1. The molecule has 0 aliphatic rings. The number of hydrogen-bond donors (Lipinski definition) is 2. The molecule has 2 rings (SSSR count). The Hall–Kier alpha value is -2.67. The molecule has 7 nitrogen and oxygen atoms in total. The Morgan fingerprint density at radius 3 is 2.73 bits per heavy atom. The van der Waals surface area contributed by atoms with Gasteiger partial charge in [0.15, 0.2) is 0 Å². The summed E-state index contributed by atoms with van der Waals surface area (Å²) in [5.41, 5.74) is 12.6. The summed E-state index contributed by atoms with van der Waals surface area (Å²) < 4.78 is 5.95. The predicted octanol–water partition coefficient (Wildman–Crippen LogP) is 0.758. The van der Waals surface area contributed by atoms with Gasteiger partial charge in [-0.2, -0.15) is 5.10 Å². The van der Waals surface area contributed by atoms with Crippen molar-refractivity contribution < 1.29 is 9.53 Å². The number of nitrogen functional groups attached to an aromatic ring is 1. The third-order valence-corrected chi connectivity index (χ3v) is 3.32. The third-order valence-electron chi connectivity index (χ3n) is 3.32. The van der Waals surface area contributed by atoms with E-state index in [-0.39, 0.29) is 11.3 Å². The Bertz CT molecular complexity index is 768. The molecule has 0 saturated carbocycles. The first kappa shape index (κ1) is 15.7. The zero-order valence-corrected chi connectivity index (χ0v) is 12.5. The Morgan fingerprint density at radius 1 is 1.41 bits per heavy atom. The largest absolute Gasteiger partial charge is 0.465 e. The van der Waals surface area contributed by atoms with E-state index in [1.54, 1.807) is 25.1 Å². The lowest BCUT2D eigenvalue weighted by Crippen LogP contribution is -2.29. The molecule has 0 amide bonds. The number of esters is 1. The number of nitrogens with two attached hydrogens (primary N) is 2. The summed E-state index contributed by atoms with van der Waals surface area (Å²) in [5.74, 6) is -0.696. The van der Waals surface area contributed by atoms with Crippen molar-refractivity contribution in [3.05, 3.63) is 45.7 Å². The topological polar surface area (TPSA) is 113 Å².